The molecular weight excluding hydrogens is 334 g/mol. The van der Waals surface area contributed by atoms with Crippen molar-refractivity contribution in [2.24, 2.45) is 5.41 Å². The van der Waals surface area contributed by atoms with E-state index >= 15 is 0 Å². The van der Waals surface area contributed by atoms with Crippen LogP contribution in [0, 0.1) is 19.3 Å². The number of amides is 1. The van der Waals surface area contributed by atoms with Crippen LogP contribution >= 0.6 is 0 Å². The van der Waals surface area contributed by atoms with Gasteiger partial charge in [0, 0.05) is 6.42 Å². The molecule has 0 bridgehead atoms. The Kier molecular flexibility index (Phi) is 14.8. The van der Waals surface area contributed by atoms with E-state index < -0.39 is 0 Å². The number of hydrogen-bond donors (Lipinski definition) is 1. The molecule has 0 atom stereocenters. The van der Waals surface area contributed by atoms with Crippen LogP contribution in [0.5, 0.6) is 0 Å². The van der Waals surface area contributed by atoms with Crippen molar-refractivity contribution in [1.82, 2.24) is 5.32 Å². The monoisotopic (exact) mass is 355 g/mol. The maximum Gasteiger partial charge on any atom is 2.00 e. The molecule has 0 rings (SSSR count). The summed E-state index contributed by atoms with van der Waals surface area (Å²) in [5.74, 6) is 0.0856. The number of rotatable bonds is 2. The molecule has 3 heteroatoms. The van der Waals surface area contributed by atoms with Gasteiger partial charge in [-0.3, -0.25) is 4.79 Å². The van der Waals surface area contributed by atoms with Crippen LogP contribution in [0.25, 0.3) is 0 Å². The van der Waals surface area contributed by atoms with Gasteiger partial charge in [-0.25, -0.2) is 0 Å². The first-order valence-corrected chi connectivity index (χ1v) is 4.22. The van der Waals surface area contributed by atoms with Crippen LogP contribution in [0.2, 0.25) is 0 Å². The molecule has 0 spiro atoms. The number of carbonyl (C=O) groups is 1. The van der Waals surface area contributed by atoms with Gasteiger partial charge in [0.1, 0.15) is 0 Å². The minimum Gasteiger partial charge on any atom is -0.386 e. The van der Waals surface area contributed by atoms with Gasteiger partial charge in [0.05, 0.1) is 0 Å². The van der Waals surface area contributed by atoms with Crippen molar-refractivity contribution >= 4 is 5.91 Å². The van der Waals surface area contributed by atoms with Crippen LogP contribution in [-0.4, -0.2) is 12.5 Å². The minimum atomic E-state index is 0. The molecular formula is C10H21NOW. The average Bonchev–Trinajstić information content (AvgIpc) is 1.88. The Bertz CT molecular complexity index is 119. The molecule has 0 aromatic heterocycles. The largest absolute Gasteiger partial charge is 2.00 e. The molecule has 78 valence electrons. The maximum atomic E-state index is 10.9. The van der Waals surface area contributed by atoms with Crippen molar-refractivity contribution in [2.45, 2.75) is 34.1 Å². The Balaban J connectivity index is -0.000000309. The van der Waals surface area contributed by atoms with E-state index in [1.54, 1.807) is 6.92 Å². The minimum absolute atomic E-state index is 0. The van der Waals surface area contributed by atoms with Gasteiger partial charge in [-0.2, -0.15) is 6.92 Å². The molecule has 1 N–H and O–H groups in total. The molecule has 0 aliphatic carbocycles. The van der Waals surface area contributed by atoms with Gasteiger partial charge in [-0.15, -0.1) is 6.54 Å². The molecule has 0 heterocycles. The van der Waals surface area contributed by atoms with Crippen molar-refractivity contribution in [3.8, 4) is 0 Å². The predicted octanol–water partition coefficient (Wildman–Crippen LogP) is 2.21. The van der Waals surface area contributed by atoms with E-state index in [9.17, 15) is 4.79 Å². The summed E-state index contributed by atoms with van der Waals surface area (Å²) >= 11 is 0. The Hall–Kier alpha value is 0.158. The summed E-state index contributed by atoms with van der Waals surface area (Å²) in [7, 11) is 0. The van der Waals surface area contributed by atoms with E-state index in [0.29, 0.717) is 13.0 Å². The first-order valence-electron chi connectivity index (χ1n) is 4.22. The van der Waals surface area contributed by atoms with Crippen LogP contribution in [0.4, 0.5) is 0 Å². The van der Waals surface area contributed by atoms with Gasteiger partial charge < -0.3 is 19.2 Å². The normalized spacial score (nSPS) is 9.08. The SMILES string of the molecule is [CH2-]C.[CH2-]CNC(=O)CC(C)(C)C.[W+2]. The van der Waals surface area contributed by atoms with E-state index in [0.717, 1.165) is 0 Å². The fraction of sp³-hybridized carbons (Fsp3) is 0.700. The van der Waals surface area contributed by atoms with Gasteiger partial charge in [-0.1, -0.05) is 20.8 Å². The van der Waals surface area contributed by atoms with E-state index in [1.807, 2.05) is 20.8 Å². The molecule has 0 aliphatic heterocycles. The molecule has 0 aromatic rings. The third kappa shape index (κ3) is 18.9. The van der Waals surface area contributed by atoms with E-state index in [-0.39, 0.29) is 32.4 Å². The Morgan fingerprint density at radius 2 is 1.69 bits per heavy atom. The van der Waals surface area contributed by atoms with Gasteiger partial charge in [0.15, 0.2) is 0 Å². The van der Waals surface area contributed by atoms with Crippen molar-refractivity contribution in [1.29, 1.82) is 0 Å². The first-order chi connectivity index (χ1) is 5.45. The molecule has 13 heavy (non-hydrogen) atoms. The molecule has 0 radical (unpaired) electrons. The van der Waals surface area contributed by atoms with Gasteiger partial charge in [0.2, 0.25) is 5.91 Å². The number of hydrogen-bond acceptors (Lipinski definition) is 1. The first kappa shape index (κ1) is 18.8. The Morgan fingerprint density at radius 3 is 1.92 bits per heavy atom. The summed E-state index contributed by atoms with van der Waals surface area (Å²) in [4.78, 5) is 10.9. The zero-order chi connectivity index (χ0) is 10.2. The third-order valence-electron chi connectivity index (χ3n) is 1.01. The van der Waals surface area contributed by atoms with Crippen LogP contribution in [0.3, 0.4) is 0 Å². The summed E-state index contributed by atoms with van der Waals surface area (Å²) < 4.78 is 0. The quantitative estimate of drug-likeness (QED) is 0.757. The van der Waals surface area contributed by atoms with E-state index in [2.05, 4.69) is 19.2 Å². The van der Waals surface area contributed by atoms with Crippen molar-refractivity contribution in [3.63, 3.8) is 0 Å². The third-order valence-corrected chi connectivity index (χ3v) is 1.01. The van der Waals surface area contributed by atoms with Crippen LogP contribution in [0.15, 0.2) is 0 Å². The number of nitrogens with one attached hydrogen (secondary N) is 1. The second-order valence-corrected chi connectivity index (χ2v) is 3.59. The zero-order valence-electron chi connectivity index (χ0n) is 9.14. The molecule has 0 fully saturated rings. The molecule has 0 unspecified atom stereocenters. The van der Waals surface area contributed by atoms with Gasteiger partial charge >= 0.3 is 21.1 Å². The van der Waals surface area contributed by atoms with Gasteiger partial charge in [-0.05, 0) is 5.41 Å². The second kappa shape index (κ2) is 10.2. The second-order valence-electron chi connectivity index (χ2n) is 3.59. The molecule has 0 aromatic carbocycles. The number of carbonyl (C=O) groups excluding carboxylic acids is 1. The van der Waals surface area contributed by atoms with Crippen LogP contribution < -0.4 is 5.32 Å². The Labute approximate surface area is 97.1 Å². The van der Waals surface area contributed by atoms with Crippen molar-refractivity contribution in [3.05, 3.63) is 13.8 Å². The average molecular weight is 355 g/mol. The summed E-state index contributed by atoms with van der Waals surface area (Å²) in [5, 5.41) is 2.65. The van der Waals surface area contributed by atoms with Crippen LogP contribution in [0.1, 0.15) is 34.1 Å². The van der Waals surface area contributed by atoms with E-state index in [1.165, 1.54) is 0 Å². The maximum absolute atomic E-state index is 10.9. The van der Waals surface area contributed by atoms with Crippen molar-refractivity contribution in [2.75, 3.05) is 6.54 Å². The summed E-state index contributed by atoms with van der Waals surface area (Å²) in [6, 6.07) is 0. The smallest absolute Gasteiger partial charge is 0.386 e. The molecule has 0 aliphatic rings. The van der Waals surface area contributed by atoms with Crippen LogP contribution in [-0.2, 0) is 25.9 Å². The molecule has 0 saturated carbocycles. The molecule has 1 amide bonds. The summed E-state index contributed by atoms with van der Waals surface area (Å²) in [6.07, 6.45) is 0.572. The summed E-state index contributed by atoms with van der Waals surface area (Å²) in [6.45, 7) is 15.1. The van der Waals surface area contributed by atoms with Gasteiger partial charge in [0.25, 0.3) is 0 Å². The van der Waals surface area contributed by atoms with Crippen molar-refractivity contribution < 1.29 is 25.9 Å². The summed E-state index contributed by atoms with van der Waals surface area (Å²) in [5.41, 5.74) is 0.0826. The van der Waals surface area contributed by atoms with E-state index in [4.69, 9.17) is 0 Å². The Morgan fingerprint density at radius 1 is 1.31 bits per heavy atom. The fourth-order valence-electron chi connectivity index (χ4n) is 0.684. The molecule has 0 saturated heterocycles. The standard InChI is InChI=1S/C8H16NO.C2H5.W/c1-5-9-7(10)6-8(2,3)4;1-2;/h1,5-6H2,2-4H3,(H,9,10);1H2,2H3;/q2*-1;+2. The predicted molar refractivity (Wildman–Crippen MR) is 53.5 cm³/mol. The zero-order valence-corrected chi connectivity index (χ0v) is 12.1. The molecule has 2 nitrogen and oxygen atoms in total. The topological polar surface area (TPSA) is 29.1 Å². The fourth-order valence-corrected chi connectivity index (χ4v) is 0.684.